The van der Waals surface area contributed by atoms with Crippen LogP contribution in [0.1, 0.15) is 18.3 Å². The Labute approximate surface area is 180 Å². The van der Waals surface area contributed by atoms with Gasteiger partial charge in [-0.15, -0.1) is 0 Å². The zero-order chi connectivity index (χ0) is 22.0. The van der Waals surface area contributed by atoms with E-state index in [2.05, 4.69) is 10.3 Å². The zero-order valence-corrected chi connectivity index (χ0v) is 17.7. The molecule has 1 heterocycles. The number of carbonyl (C=O) groups is 1. The fourth-order valence-corrected chi connectivity index (χ4v) is 3.57. The minimum Gasteiger partial charge on any atom is -0.497 e. The lowest BCUT2D eigenvalue weighted by Crippen LogP contribution is -2.24. The quantitative estimate of drug-likeness (QED) is 0.527. The fraction of sp³-hybridized carbons (Fsp3) is 0.160. The number of fused-ring (bicyclic) bond motifs is 1. The van der Waals surface area contributed by atoms with Crippen molar-refractivity contribution in [2.24, 2.45) is 0 Å². The van der Waals surface area contributed by atoms with Crippen molar-refractivity contribution in [2.75, 3.05) is 12.4 Å². The van der Waals surface area contributed by atoms with Crippen LogP contribution in [0.5, 0.6) is 5.75 Å². The molecule has 6 nitrogen and oxygen atoms in total. The lowest BCUT2D eigenvalue weighted by atomic mass is 10.0. The van der Waals surface area contributed by atoms with Gasteiger partial charge in [0.2, 0.25) is 5.91 Å². The molecule has 0 saturated carbocycles. The van der Waals surface area contributed by atoms with E-state index in [-0.39, 0.29) is 11.5 Å². The Hall–Kier alpha value is -3.93. The SMILES string of the molecule is COc1ccc(-c2ccc(Cn3c(C)nc4ccc(NC(C)=O)cc4c3=O)cc2)cc1. The van der Waals surface area contributed by atoms with Gasteiger partial charge in [-0.3, -0.25) is 14.2 Å². The third kappa shape index (κ3) is 4.33. The van der Waals surface area contributed by atoms with Crippen LogP contribution in [0.2, 0.25) is 0 Å². The first-order valence-corrected chi connectivity index (χ1v) is 9.97. The van der Waals surface area contributed by atoms with Gasteiger partial charge in [-0.2, -0.15) is 0 Å². The van der Waals surface area contributed by atoms with Crippen molar-refractivity contribution in [3.63, 3.8) is 0 Å². The molecule has 0 bridgehead atoms. The third-order valence-electron chi connectivity index (χ3n) is 5.18. The van der Waals surface area contributed by atoms with Gasteiger partial charge >= 0.3 is 0 Å². The number of hydrogen-bond acceptors (Lipinski definition) is 4. The van der Waals surface area contributed by atoms with Gasteiger partial charge in [-0.1, -0.05) is 36.4 Å². The number of hydrogen-bond donors (Lipinski definition) is 1. The molecule has 0 spiro atoms. The number of benzene rings is 3. The van der Waals surface area contributed by atoms with E-state index in [1.165, 1.54) is 6.92 Å². The molecule has 0 atom stereocenters. The van der Waals surface area contributed by atoms with Gasteiger partial charge in [-0.05, 0) is 53.9 Å². The summed E-state index contributed by atoms with van der Waals surface area (Å²) in [5.74, 6) is 1.28. The molecule has 3 aromatic carbocycles. The molecule has 1 aromatic heterocycles. The van der Waals surface area contributed by atoms with Crippen molar-refractivity contribution in [1.29, 1.82) is 0 Å². The van der Waals surface area contributed by atoms with Gasteiger partial charge in [0, 0.05) is 12.6 Å². The first kappa shape index (κ1) is 20.3. The summed E-state index contributed by atoms with van der Waals surface area (Å²) in [6.07, 6.45) is 0. The number of anilines is 1. The monoisotopic (exact) mass is 413 g/mol. The van der Waals surface area contributed by atoms with E-state index in [4.69, 9.17) is 4.74 Å². The van der Waals surface area contributed by atoms with Gasteiger partial charge in [0.05, 0.1) is 24.6 Å². The molecule has 0 radical (unpaired) electrons. The van der Waals surface area contributed by atoms with Gasteiger partial charge in [0.1, 0.15) is 11.6 Å². The predicted molar refractivity (Wildman–Crippen MR) is 123 cm³/mol. The number of ether oxygens (including phenoxy) is 1. The maximum absolute atomic E-state index is 13.1. The molecule has 0 fully saturated rings. The van der Waals surface area contributed by atoms with E-state index >= 15 is 0 Å². The normalized spacial score (nSPS) is 10.8. The Bertz CT molecular complexity index is 1310. The number of rotatable bonds is 5. The molecule has 1 N–H and O–H groups in total. The lowest BCUT2D eigenvalue weighted by molar-refractivity contribution is -0.114. The zero-order valence-electron chi connectivity index (χ0n) is 17.7. The summed E-state index contributed by atoms with van der Waals surface area (Å²) in [7, 11) is 1.65. The maximum Gasteiger partial charge on any atom is 0.261 e. The number of methoxy groups -OCH3 is 1. The topological polar surface area (TPSA) is 73.2 Å². The summed E-state index contributed by atoms with van der Waals surface area (Å²) in [4.78, 5) is 29.1. The van der Waals surface area contributed by atoms with Crippen LogP contribution in [-0.2, 0) is 11.3 Å². The second kappa shape index (κ2) is 8.44. The molecular weight excluding hydrogens is 390 g/mol. The second-order valence-electron chi connectivity index (χ2n) is 7.39. The molecule has 6 heteroatoms. The van der Waals surface area contributed by atoms with E-state index in [1.54, 1.807) is 29.9 Å². The second-order valence-corrected chi connectivity index (χ2v) is 7.39. The Kier molecular flexibility index (Phi) is 5.54. The average Bonchev–Trinajstić information content (AvgIpc) is 2.77. The summed E-state index contributed by atoms with van der Waals surface area (Å²) < 4.78 is 6.87. The van der Waals surface area contributed by atoms with Gasteiger partial charge in [-0.25, -0.2) is 4.98 Å². The van der Waals surface area contributed by atoms with Crippen LogP contribution in [0.3, 0.4) is 0 Å². The van der Waals surface area contributed by atoms with E-state index in [9.17, 15) is 9.59 Å². The van der Waals surface area contributed by atoms with Crippen molar-refractivity contribution in [2.45, 2.75) is 20.4 Å². The van der Waals surface area contributed by atoms with E-state index < -0.39 is 0 Å². The van der Waals surface area contributed by atoms with Crippen molar-refractivity contribution < 1.29 is 9.53 Å². The number of aromatic nitrogens is 2. The molecular formula is C25H23N3O3. The molecule has 0 aliphatic carbocycles. The highest BCUT2D eigenvalue weighted by atomic mass is 16.5. The van der Waals surface area contributed by atoms with Crippen LogP contribution in [-0.4, -0.2) is 22.6 Å². The average molecular weight is 413 g/mol. The van der Waals surface area contributed by atoms with Crippen LogP contribution < -0.4 is 15.6 Å². The molecule has 0 aliphatic heterocycles. The Morgan fingerprint density at radius 3 is 2.26 bits per heavy atom. The van der Waals surface area contributed by atoms with Crippen molar-refractivity contribution in [3.05, 3.63) is 88.5 Å². The number of carbonyl (C=O) groups excluding carboxylic acids is 1. The fourth-order valence-electron chi connectivity index (χ4n) is 3.57. The maximum atomic E-state index is 13.1. The minimum atomic E-state index is -0.184. The molecule has 4 aromatic rings. The molecule has 1 amide bonds. The van der Waals surface area contributed by atoms with Crippen LogP contribution in [0.4, 0.5) is 5.69 Å². The lowest BCUT2D eigenvalue weighted by Gasteiger charge is -2.12. The van der Waals surface area contributed by atoms with E-state index in [0.29, 0.717) is 29.0 Å². The van der Waals surface area contributed by atoms with Crippen LogP contribution >= 0.6 is 0 Å². The number of nitrogens with one attached hydrogen (secondary N) is 1. The molecule has 0 aliphatic rings. The largest absolute Gasteiger partial charge is 0.497 e. The molecule has 0 saturated heterocycles. The highest BCUT2D eigenvalue weighted by Crippen LogP contribution is 2.23. The Morgan fingerprint density at radius 2 is 1.65 bits per heavy atom. The molecule has 4 rings (SSSR count). The van der Waals surface area contributed by atoms with Gasteiger partial charge < -0.3 is 10.1 Å². The summed E-state index contributed by atoms with van der Waals surface area (Å²) in [6.45, 7) is 3.68. The standard InChI is InChI=1S/C25H23N3O3/c1-16-26-24-13-10-21(27-17(2)29)14-23(24)25(30)28(16)15-18-4-6-19(7-5-18)20-8-11-22(31-3)12-9-20/h4-14H,15H2,1-3H3,(H,27,29). The van der Waals surface area contributed by atoms with Crippen molar-refractivity contribution in [3.8, 4) is 16.9 Å². The van der Waals surface area contributed by atoms with E-state index in [0.717, 1.165) is 22.4 Å². The molecule has 31 heavy (non-hydrogen) atoms. The minimum absolute atomic E-state index is 0.131. The number of amides is 1. The predicted octanol–water partition coefficient (Wildman–Crippen LogP) is 4.39. The van der Waals surface area contributed by atoms with Crippen molar-refractivity contribution >= 4 is 22.5 Å². The van der Waals surface area contributed by atoms with Crippen LogP contribution in [0.25, 0.3) is 22.0 Å². The first-order chi connectivity index (χ1) is 14.9. The van der Waals surface area contributed by atoms with Gasteiger partial charge in [0.15, 0.2) is 0 Å². The van der Waals surface area contributed by atoms with E-state index in [1.807, 2.05) is 55.5 Å². The molecule has 0 unspecified atom stereocenters. The highest BCUT2D eigenvalue weighted by molar-refractivity contribution is 5.92. The first-order valence-electron chi connectivity index (χ1n) is 9.97. The number of nitrogens with zero attached hydrogens (tertiary/aromatic N) is 2. The summed E-state index contributed by atoms with van der Waals surface area (Å²) in [5, 5.41) is 3.19. The smallest absolute Gasteiger partial charge is 0.261 e. The summed E-state index contributed by atoms with van der Waals surface area (Å²) in [5.41, 5.74) is 4.25. The summed E-state index contributed by atoms with van der Waals surface area (Å²) in [6, 6.07) is 21.2. The third-order valence-corrected chi connectivity index (χ3v) is 5.18. The summed E-state index contributed by atoms with van der Waals surface area (Å²) >= 11 is 0. The van der Waals surface area contributed by atoms with Crippen LogP contribution in [0.15, 0.2) is 71.5 Å². The van der Waals surface area contributed by atoms with Crippen LogP contribution in [0, 0.1) is 6.92 Å². The highest BCUT2D eigenvalue weighted by Gasteiger charge is 2.10. The Morgan fingerprint density at radius 1 is 1.00 bits per heavy atom. The molecule has 156 valence electrons. The Balaban J connectivity index is 1.64. The number of aryl methyl sites for hydroxylation is 1. The van der Waals surface area contributed by atoms with Gasteiger partial charge in [0.25, 0.3) is 5.56 Å². The van der Waals surface area contributed by atoms with Crippen molar-refractivity contribution in [1.82, 2.24) is 9.55 Å².